The first-order chi connectivity index (χ1) is 17.1. The van der Waals surface area contributed by atoms with E-state index in [1.165, 1.54) is 6.20 Å². The van der Waals surface area contributed by atoms with Gasteiger partial charge in [-0.3, -0.25) is 14.6 Å². The lowest BCUT2D eigenvalue weighted by atomic mass is 10.2. The Kier molecular flexibility index (Phi) is 4.93. The van der Waals surface area contributed by atoms with Crippen LogP contribution in [0.3, 0.4) is 0 Å². The molecule has 10 nitrogen and oxygen atoms in total. The summed E-state index contributed by atoms with van der Waals surface area (Å²) in [5, 5.41) is 24.2. The van der Waals surface area contributed by atoms with Crippen LogP contribution < -0.4 is 10.6 Å². The highest BCUT2D eigenvalue weighted by atomic mass is 35.5. The Bertz CT molecular complexity index is 1710. The number of rotatable bonds is 5. The van der Waals surface area contributed by atoms with Crippen LogP contribution in [0.1, 0.15) is 10.4 Å². The molecule has 11 heteroatoms. The second-order valence-electron chi connectivity index (χ2n) is 7.93. The van der Waals surface area contributed by atoms with Crippen LogP contribution in [0.15, 0.2) is 73.3 Å². The van der Waals surface area contributed by atoms with Crippen molar-refractivity contribution in [1.29, 1.82) is 0 Å². The molecule has 0 bridgehead atoms. The molecular formula is C24H18ClN9O. The number of carbonyl (C=O) groups is 1. The number of fused-ring (bicyclic) bond motifs is 2. The van der Waals surface area contributed by atoms with Crippen LogP contribution in [0.4, 0.5) is 17.2 Å². The van der Waals surface area contributed by atoms with E-state index in [1.54, 1.807) is 35.0 Å². The molecule has 0 aliphatic carbocycles. The maximum Gasteiger partial charge on any atom is 0.258 e. The van der Waals surface area contributed by atoms with Crippen LogP contribution in [0.5, 0.6) is 0 Å². The van der Waals surface area contributed by atoms with Gasteiger partial charge in [-0.05, 0) is 42.5 Å². The van der Waals surface area contributed by atoms with E-state index in [9.17, 15) is 4.79 Å². The largest absolute Gasteiger partial charge is 0.337 e. The van der Waals surface area contributed by atoms with Gasteiger partial charge in [-0.2, -0.15) is 10.2 Å². The predicted molar refractivity (Wildman–Crippen MR) is 134 cm³/mol. The van der Waals surface area contributed by atoms with Crippen molar-refractivity contribution < 1.29 is 4.79 Å². The highest BCUT2D eigenvalue weighted by Gasteiger charge is 2.16. The molecule has 0 aliphatic heterocycles. The lowest BCUT2D eigenvalue weighted by molar-refractivity contribution is 0.102. The number of nitrogens with one attached hydrogen (secondary N) is 3. The van der Waals surface area contributed by atoms with Crippen molar-refractivity contribution in [2.45, 2.75) is 0 Å². The molecule has 35 heavy (non-hydrogen) atoms. The van der Waals surface area contributed by atoms with Crippen molar-refractivity contribution in [3.8, 4) is 5.69 Å². The summed E-state index contributed by atoms with van der Waals surface area (Å²) in [5.74, 6) is 0.355. The lowest BCUT2D eigenvalue weighted by Gasteiger charge is -2.08. The predicted octanol–water partition coefficient (Wildman–Crippen LogP) is 4.68. The van der Waals surface area contributed by atoms with Gasteiger partial charge in [-0.1, -0.05) is 17.7 Å². The number of hydrogen-bond donors (Lipinski definition) is 3. The average Bonchev–Trinajstić information content (AvgIpc) is 3.60. The molecule has 0 spiro atoms. The molecule has 0 saturated carbocycles. The Balaban J connectivity index is 1.36. The molecule has 0 unspecified atom stereocenters. The van der Waals surface area contributed by atoms with Crippen molar-refractivity contribution in [3.63, 3.8) is 0 Å². The molecule has 6 aromatic rings. The average molecular weight is 484 g/mol. The molecule has 6 rings (SSSR count). The molecule has 172 valence electrons. The fourth-order valence-corrected chi connectivity index (χ4v) is 4.15. The summed E-state index contributed by atoms with van der Waals surface area (Å²) in [5.41, 5.74) is 4.05. The first-order valence-corrected chi connectivity index (χ1v) is 11.1. The van der Waals surface area contributed by atoms with Crippen molar-refractivity contribution >= 4 is 56.6 Å². The van der Waals surface area contributed by atoms with Gasteiger partial charge in [0.05, 0.1) is 45.3 Å². The minimum absolute atomic E-state index is 0.245. The number of benzene rings is 2. The Morgan fingerprint density at radius 3 is 2.86 bits per heavy atom. The number of aromatic amines is 1. The number of halogens is 1. The third-order valence-electron chi connectivity index (χ3n) is 5.57. The summed E-state index contributed by atoms with van der Waals surface area (Å²) in [6, 6.07) is 15.0. The monoisotopic (exact) mass is 483 g/mol. The van der Waals surface area contributed by atoms with Gasteiger partial charge in [-0.15, -0.1) is 5.10 Å². The van der Waals surface area contributed by atoms with Gasteiger partial charge in [-0.25, -0.2) is 9.67 Å². The second kappa shape index (κ2) is 8.26. The van der Waals surface area contributed by atoms with Crippen LogP contribution in [0, 0.1) is 0 Å². The lowest BCUT2D eigenvalue weighted by Crippen LogP contribution is -2.11. The number of aromatic nitrogens is 7. The van der Waals surface area contributed by atoms with Crippen LogP contribution in [-0.2, 0) is 7.05 Å². The van der Waals surface area contributed by atoms with Crippen molar-refractivity contribution in [2.75, 3.05) is 10.6 Å². The smallest absolute Gasteiger partial charge is 0.258 e. The Morgan fingerprint density at radius 1 is 1.09 bits per heavy atom. The topological polar surface area (TPSA) is 118 Å². The van der Waals surface area contributed by atoms with E-state index >= 15 is 0 Å². The third-order valence-corrected chi connectivity index (χ3v) is 5.98. The van der Waals surface area contributed by atoms with Gasteiger partial charge in [0.15, 0.2) is 11.5 Å². The maximum atomic E-state index is 12.6. The molecule has 0 atom stereocenters. The summed E-state index contributed by atoms with van der Waals surface area (Å²) < 4.78 is 3.31. The number of carbonyl (C=O) groups excluding carboxylic acids is 1. The van der Waals surface area contributed by atoms with Crippen molar-refractivity contribution in [2.24, 2.45) is 7.05 Å². The summed E-state index contributed by atoms with van der Waals surface area (Å²) in [7, 11) is 1.76. The first kappa shape index (κ1) is 20.9. The summed E-state index contributed by atoms with van der Waals surface area (Å²) >= 11 is 6.61. The quantitative estimate of drug-likeness (QED) is 0.327. The fourth-order valence-electron chi connectivity index (χ4n) is 3.89. The Morgan fingerprint density at radius 2 is 2.00 bits per heavy atom. The van der Waals surface area contributed by atoms with Crippen LogP contribution in [-0.4, -0.2) is 40.6 Å². The minimum atomic E-state index is -0.245. The van der Waals surface area contributed by atoms with E-state index in [0.717, 1.165) is 22.0 Å². The van der Waals surface area contributed by atoms with E-state index in [-0.39, 0.29) is 5.91 Å². The van der Waals surface area contributed by atoms with Gasteiger partial charge in [0, 0.05) is 30.5 Å². The molecule has 1 amide bonds. The molecule has 2 aromatic carbocycles. The summed E-state index contributed by atoms with van der Waals surface area (Å²) in [4.78, 5) is 17.1. The normalized spacial score (nSPS) is 11.3. The number of aryl methyl sites for hydroxylation is 1. The minimum Gasteiger partial charge on any atom is -0.337 e. The first-order valence-electron chi connectivity index (χ1n) is 10.7. The Hall–Kier alpha value is -4.70. The third kappa shape index (κ3) is 3.75. The number of nitrogens with zero attached hydrogens (tertiary/aromatic N) is 6. The standard InChI is InChI=1S/C24H18ClN9O/c1-33-13-14(11-28-33)24(35)29-15-4-2-5-16(10-15)34-23-17(6-3-9-26-23)22(32-34)30-20-8-7-19-18(21(20)25)12-27-31-19/h2-13H,1H3,(H,27,31)(H,29,35)(H,30,32). The maximum absolute atomic E-state index is 12.6. The highest BCUT2D eigenvalue weighted by molar-refractivity contribution is 6.38. The molecule has 3 N–H and O–H groups in total. The van der Waals surface area contributed by atoms with Gasteiger partial charge < -0.3 is 10.6 Å². The van der Waals surface area contributed by atoms with Gasteiger partial charge >= 0.3 is 0 Å². The van der Waals surface area contributed by atoms with Gasteiger partial charge in [0.1, 0.15) is 0 Å². The summed E-state index contributed by atoms with van der Waals surface area (Å²) in [6.07, 6.45) is 6.58. The molecule has 4 aromatic heterocycles. The molecule has 0 saturated heterocycles. The van der Waals surface area contributed by atoms with Crippen molar-refractivity contribution in [1.82, 2.24) is 34.7 Å². The van der Waals surface area contributed by atoms with Crippen molar-refractivity contribution in [3.05, 3.63) is 83.9 Å². The Labute approximate surface area is 203 Å². The van der Waals surface area contributed by atoms with E-state index in [0.29, 0.717) is 33.4 Å². The zero-order valence-electron chi connectivity index (χ0n) is 18.4. The number of anilines is 3. The number of amides is 1. The van der Waals surface area contributed by atoms with Gasteiger partial charge in [0.25, 0.3) is 5.91 Å². The van der Waals surface area contributed by atoms with Crippen LogP contribution >= 0.6 is 11.6 Å². The van der Waals surface area contributed by atoms with Gasteiger partial charge in [0.2, 0.25) is 0 Å². The summed E-state index contributed by atoms with van der Waals surface area (Å²) in [6.45, 7) is 0. The van der Waals surface area contributed by atoms with E-state index in [1.807, 2.05) is 48.5 Å². The number of pyridine rings is 1. The number of H-pyrrole nitrogens is 1. The molecule has 4 heterocycles. The second-order valence-corrected chi connectivity index (χ2v) is 8.30. The molecular weight excluding hydrogens is 466 g/mol. The SMILES string of the molecule is Cn1cc(C(=O)Nc2cccc(-n3nc(Nc4ccc5[nH]ncc5c4Cl)c4cccnc43)c2)cn1. The zero-order valence-corrected chi connectivity index (χ0v) is 19.2. The molecule has 0 aliphatic rings. The highest BCUT2D eigenvalue weighted by Crippen LogP contribution is 2.34. The van der Waals surface area contributed by atoms with E-state index < -0.39 is 0 Å². The fraction of sp³-hybridized carbons (Fsp3) is 0.0417. The molecule has 0 radical (unpaired) electrons. The van der Waals surface area contributed by atoms with Crippen LogP contribution in [0.25, 0.3) is 27.6 Å². The van der Waals surface area contributed by atoms with E-state index in [2.05, 4.69) is 30.9 Å². The number of hydrogen-bond acceptors (Lipinski definition) is 6. The van der Waals surface area contributed by atoms with E-state index in [4.69, 9.17) is 16.7 Å². The zero-order chi connectivity index (χ0) is 23.9. The molecule has 0 fully saturated rings. The van der Waals surface area contributed by atoms with Crippen LogP contribution in [0.2, 0.25) is 5.02 Å².